The molecule has 3 aromatic carbocycles. The molecule has 8 heteroatoms. The molecular formula is C25H23FN4O2S. The van der Waals surface area contributed by atoms with Crippen LogP contribution in [0.1, 0.15) is 12.7 Å². The van der Waals surface area contributed by atoms with Crippen molar-refractivity contribution < 1.29 is 13.9 Å². The smallest absolute Gasteiger partial charge is 0.240 e. The summed E-state index contributed by atoms with van der Waals surface area (Å²) in [4.78, 5) is 14.7. The second kappa shape index (κ2) is 10.3. The van der Waals surface area contributed by atoms with Crippen LogP contribution in [0.4, 0.5) is 10.1 Å². The molecule has 0 bridgehead atoms. The SMILES string of the molecule is C[C@@H](Sc1nnc(COc2ccccc2F)n1-c1ccccc1)C(=O)N(C)c1ccccc1. The molecule has 0 fully saturated rings. The first-order valence-corrected chi connectivity index (χ1v) is 11.3. The summed E-state index contributed by atoms with van der Waals surface area (Å²) in [6.45, 7) is 1.86. The number of hydrogen-bond acceptors (Lipinski definition) is 5. The zero-order valence-corrected chi connectivity index (χ0v) is 19.1. The molecule has 0 radical (unpaired) electrons. The lowest BCUT2D eigenvalue weighted by atomic mass is 10.3. The third-order valence-electron chi connectivity index (χ3n) is 5.01. The second-order valence-electron chi connectivity index (χ2n) is 7.28. The summed E-state index contributed by atoms with van der Waals surface area (Å²) in [5.41, 5.74) is 1.65. The molecule has 168 valence electrons. The Morgan fingerprint density at radius 1 is 1.00 bits per heavy atom. The first-order valence-electron chi connectivity index (χ1n) is 10.4. The van der Waals surface area contributed by atoms with Crippen LogP contribution in [0, 0.1) is 5.82 Å². The molecule has 33 heavy (non-hydrogen) atoms. The zero-order valence-electron chi connectivity index (χ0n) is 18.3. The van der Waals surface area contributed by atoms with Gasteiger partial charge in [-0.05, 0) is 43.3 Å². The monoisotopic (exact) mass is 462 g/mol. The highest BCUT2D eigenvalue weighted by Crippen LogP contribution is 2.28. The summed E-state index contributed by atoms with van der Waals surface area (Å²) in [6.07, 6.45) is 0. The van der Waals surface area contributed by atoms with E-state index in [2.05, 4.69) is 10.2 Å². The van der Waals surface area contributed by atoms with Gasteiger partial charge >= 0.3 is 0 Å². The van der Waals surface area contributed by atoms with E-state index in [1.54, 1.807) is 30.1 Å². The molecule has 0 saturated heterocycles. The summed E-state index contributed by atoms with van der Waals surface area (Å²) in [7, 11) is 1.75. The fourth-order valence-corrected chi connectivity index (χ4v) is 4.25. The maximum Gasteiger partial charge on any atom is 0.240 e. The quantitative estimate of drug-likeness (QED) is 0.340. The molecule has 4 aromatic rings. The second-order valence-corrected chi connectivity index (χ2v) is 8.59. The van der Waals surface area contributed by atoms with Crippen molar-refractivity contribution in [1.82, 2.24) is 14.8 Å². The van der Waals surface area contributed by atoms with Gasteiger partial charge in [-0.3, -0.25) is 9.36 Å². The number of ether oxygens (including phenoxy) is 1. The van der Waals surface area contributed by atoms with Crippen LogP contribution in [0.5, 0.6) is 5.75 Å². The van der Waals surface area contributed by atoms with Gasteiger partial charge in [0.15, 0.2) is 22.5 Å². The van der Waals surface area contributed by atoms with Crippen LogP contribution in [-0.4, -0.2) is 33.0 Å². The highest BCUT2D eigenvalue weighted by atomic mass is 32.2. The Morgan fingerprint density at radius 3 is 2.33 bits per heavy atom. The minimum Gasteiger partial charge on any atom is -0.483 e. The number of halogens is 1. The van der Waals surface area contributed by atoms with E-state index in [4.69, 9.17) is 4.74 Å². The number of amides is 1. The topological polar surface area (TPSA) is 60.3 Å². The molecule has 4 rings (SSSR count). The van der Waals surface area contributed by atoms with Gasteiger partial charge in [-0.15, -0.1) is 10.2 Å². The molecule has 0 N–H and O–H groups in total. The van der Waals surface area contributed by atoms with Crippen LogP contribution in [0.2, 0.25) is 0 Å². The van der Waals surface area contributed by atoms with Crippen LogP contribution < -0.4 is 9.64 Å². The van der Waals surface area contributed by atoms with Gasteiger partial charge in [0.1, 0.15) is 6.61 Å². The van der Waals surface area contributed by atoms with Gasteiger partial charge in [-0.25, -0.2) is 4.39 Å². The molecule has 1 heterocycles. The van der Waals surface area contributed by atoms with Crippen molar-refractivity contribution in [3.05, 3.63) is 96.6 Å². The first-order chi connectivity index (χ1) is 16.0. The lowest BCUT2D eigenvalue weighted by Crippen LogP contribution is -2.33. The summed E-state index contributed by atoms with van der Waals surface area (Å²) in [6, 6.07) is 25.3. The number of thioether (sulfide) groups is 1. The van der Waals surface area contributed by atoms with E-state index in [0.717, 1.165) is 11.4 Å². The highest BCUT2D eigenvalue weighted by molar-refractivity contribution is 8.00. The number of benzene rings is 3. The van der Waals surface area contributed by atoms with Crippen molar-refractivity contribution in [2.45, 2.75) is 23.9 Å². The zero-order chi connectivity index (χ0) is 23.2. The summed E-state index contributed by atoms with van der Waals surface area (Å²) in [5, 5.41) is 8.72. The molecular weight excluding hydrogens is 439 g/mol. The normalized spacial score (nSPS) is 11.7. The van der Waals surface area contributed by atoms with E-state index in [0.29, 0.717) is 11.0 Å². The molecule has 0 aliphatic carbocycles. The maximum atomic E-state index is 14.0. The predicted octanol–water partition coefficient (Wildman–Crippen LogP) is 5.13. The van der Waals surface area contributed by atoms with Crippen molar-refractivity contribution in [2.75, 3.05) is 11.9 Å². The van der Waals surface area contributed by atoms with Gasteiger partial charge < -0.3 is 9.64 Å². The van der Waals surface area contributed by atoms with Crippen molar-refractivity contribution in [3.8, 4) is 11.4 Å². The fourth-order valence-electron chi connectivity index (χ4n) is 3.27. The Bertz CT molecular complexity index is 1220. The minimum atomic E-state index is -0.443. The average Bonchev–Trinajstić information content (AvgIpc) is 3.25. The number of para-hydroxylation sites is 3. The molecule has 0 aliphatic rings. The Hall–Kier alpha value is -3.65. The fraction of sp³-hybridized carbons (Fsp3) is 0.160. The lowest BCUT2D eigenvalue weighted by Gasteiger charge is -2.21. The van der Waals surface area contributed by atoms with Crippen LogP contribution in [-0.2, 0) is 11.4 Å². The van der Waals surface area contributed by atoms with Crippen molar-refractivity contribution >= 4 is 23.4 Å². The summed E-state index contributed by atoms with van der Waals surface area (Å²) in [5.74, 6) is 0.143. The van der Waals surface area contributed by atoms with E-state index in [9.17, 15) is 9.18 Å². The van der Waals surface area contributed by atoms with E-state index in [1.165, 1.54) is 17.8 Å². The molecule has 0 aliphatic heterocycles. The predicted molar refractivity (Wildman–Crippen MR) is 127 cm³/mol. The summed E-state index contributed by atoms with van der Waals surface area (Å²) >= 11 is 1.31. The Labute approximate surface area is 196 Å². The van der Waals surface area contributed by atoms with Crippen LogP contribution in [0.15, 0.2) is 90.1 Å². The number of carbonyl (C=O) groups is 1. The van der Waals surface area contributed by atoms with Crippen LogP contribution in [0.3, 0.4) is 0 Å². The van der Waals surface area contributed by atoms with Gasteiger partial charge in [0.2, 0.25) is 5.91 Å². The average molecular weight is 463 g/mol. The number of aromatic nitrogens is 3. The van der Waals surface area contributed by atoms with Crippen LogP contribution in [0.25, 0.3) is 5.69 Å². The van der Waals surface area contributed by atoms with Gasteiger partial charge in [-0.1, -0.05) is 60.3 Å². The molecule has 0 spiro atoms. The molecule has 0 unspecified atom stereocenters. The van der Waals surface area contributed by atoms with Crippen molar-refractivity contribution in [2.24, 2.45) is 0 Å². The largest absolute Gasteiger partial charge is 0.483 e. The standard InChI is InChI=1S/C25H23FN4O2S/c1-18(24(31)29(2)19-11-5-3-6-12-19)33-25-28-27-23(30(25)20-13-7-4-8-14-20)17-32-22-16-10-9-15-21(22)26/h3-16,18H,17H2,1-2H3/t18-/m1/s1. The van der Waals surface area contributed by atoms with Gasteiger partial charge in [0.25, 0.3) is 0 Å². The lowest BCUT2D eigenvalue weighted by molar-refractivity contribution is -0.117. The highest BCUT2D eigenvalue weighted by Gasteiger charge is 2.24. The number of nitrogens with zero attached hydrogens (tertiary/aromatic N) is 4. The molecule has 0 saturated carbocycles. The molecule has 6 nitrogen and oxygen atoms in total. The van der Waals surface area contributed by atoms with Gasteiger partial charge in [0, 0.05) is 18.4 Å². The first kappa shape index (κ1) is 22.5. The number of carbonyl (C=O) groups excluding carboxylic acids is 1. The van der Waals surface area contributed by atoms with Gasteiger partial charge in [0.05, 0.1) is 5.25 Å². The van der Waals surface area contributed by atoms with E-state index >= 15 is 0 Å². The third kappa shape index (κ3) is 5.23. The van der Waals surface area contributed by atoms with E-state index in [1.807, 2.05) is 72.2 Å². The number of rotatable bonds is 8. The molecule has 1 aromatic heterocycles. The maximum absolute atomic E-state index is 14.0. The Kier molecular flexibility index (Phi) is 7.04. The Balaban J connectivity index is 1.57. The van der Waals surface area contributed by atoms with Crippen molar-refractivity contribution in [1.29, 1.82) is 0 Å². The van der Waals surface area contributed by atoms with E-state index in [-0.39, 0.29) is 18.3 Å². The number of hydrogen-bond donors (Lipinski definition) is 0. The minimum absolute atomic E-state index is 0.0234. The summed E-state index contributed by atoms with van der Waals surface area (Å²) < 4.78 is 21.5. The molecule has 1 atom stereocenters. The van der Waals surface area contributed by atoms with Gasteiger partial charge in [-0.2, -0.15) is 0 Å². The third-order valence-corrected chi connectivity index (χ3v) is 6.04. The van der Waals surface area contributed by atoms with Crippen molar-refractivity contribution in [3.63, 3.8) is 0 Å². The van der Waals surface area contributed by atoms with Crippen LogP contribution >= 0.6 is 11.8 Å². The Morgan fingerprint density at radius 2 is 1.64 bits per heavy atom. The van der Waals surface area contributed by atoms with E-state index < -0.39 is 11.1 Å². The molecule has 1 amide bonds. The number of anilines is 1.